The second-order valence-corrected chi connectivity index (χ2v) is 4.38. The minimum absolute atomic E-state index is 0.0885. The van der Waals surface area contributed by atoms with E-state index in [0.29, 0.717) is 0 Å². The first-order chi connectivity index (χ1) is 8.78. The van der Waals surface area contributed by atoms with Gasteiger partial charge in [-0.1, -0.05) is 0 Å². The van der Waals surface area contributed by atoms with Crippen LogP contribution in [0.5, 0.6) is 11.5 Å². The molecule has 5 nitrogen and oxygen atoms in total. The van der Waals surface area contributed by atoms with E-state index in [4.69, 9.17) is 20.2 Å². The van der Waals surface area contributed by atoms with Crippen molar-refractivity contribution in [3.8, 4) is 11.5 Å². The van der Waals surface area contributed by atoms with Gasteiger partial charge in [-0.3, -0.25) is 4.84 Å². The number of piperidine rings is 1. The van der Waals surface area contributed by atoms with Gasteiger partial charge in [0.1, 0.15) is 11.5 Å². The Morgan fingerprint density at radius 3 is 2.78 bits per heavy atom. The second-order valence-electron chi connectivity index (χ2n) is 4.38. The van der Waals surface area contributed by atoms with Crippen LogP contribution in [0.3, 0.4) is 0 Å². The monoisotopic (exact) mass is 252 g/mol. The maximum Gasteiger partial charge on any atom is 0.145 e. The van der Waals surface area contributed by atoms with Crippen LogP contribution in [0.15, 0.2) is 18.2 Å². The highest BCUT2D eigenvalue weighted by molar-refractivity contribution is 5.61. The van der Waals surface area contributed by atoms with Gasteiger partial charge in [0.05, 0.1) is 26.0 Å². The third kappa shape index (κ3) is 2.68. The van der Waals surface area contributed by atoms with Gasteiger partial charge in [0.15, 0.2) is 0 Å². The van der Waals surface area contributed by atoms with Crippen molar-refractivity contribution in [1.29, 1.82) is 0 Å². The molecular formula is C13H20N2O3. The van der Waals surface area contributed by atoms with Gasteiger partial charge in [-0.2, -0.15) is 0 Å². The molecule has 2 rings (SSSR count). The van der Waals surface area contributed by atoms with Gasteiger partial charge < -0.3 is 14.4 Å². The molecule has 1 aliphatic heterocycles. The summed E-state index contributed by atoms with van der Waals surface area (Å²) < 4.78 is 10.6. The van der Waals surface area contributed by atoms with Crippen molar-refractivity contribution in [2.75, 3.05) is 32.2 Å². The molecule has 1 fully saturated rings. The highest BCUT2D eigenvalue weighted by Crippen LogP contribution is 2.33. The van der Waals surface area contributed by atoms with E-state index in [-0.39, 0.29) is 6.10 Å². The first kappa shape index (κ1) is 13.0. The van der Waals surface area contributed by atoms with E-state index in [1.807, 2.05) is 18.2 Å². The van der Waals surface area contributed by atoms with Gasteiger partial charge in [0.2, 0.25) is 0 Å². The molecule has 0 bridgehead atoms. The number of hydrogen-bond donors (Lipinski definition) is 1. The topological polar surface area (TPSA) is 57.0 Å². The van der Waals surface area contributed by atoms with Gasteiger partial charge >= 0.3 is 0 Å². The van der Waals surface area contributed by atoms with Gasteiger partial charge in [-0.15, -0.1) is 0 Å². The Balaban J connectivity index is 2.21. The Hall–Kier alpha value is -1.46. The predicted octanol–water partition coefficient (Wildman–Crippen LogP) is 1.56. The molecule has 2 N–H and O–H groups in total. The molecule has 5 heteroatoms. The average molecular weight is 252 g/mol. The summed E-state index contributed by atoms with van der Waals surface area (Å²) in [6, 6.07) is 5.84. The Morgan fingerprint density at radius 2 is 2.11 bits per heavy atom. The van der Waals surface area contributed by atoms with Crippen LogP contribution >= 0.6 is 0 Å². The van der Waals surface area contributed by atoms with Crippen molar-refractivity contribution in [3.63, 3.8) is 0 Å². The highest BCUT2D eigenvalue weighted by atomic mass is 16.6. The van der Waals surface area contributed by atoms with Crippen LogP contribution in [0.4, 0.5) is 5.69 Å². The molecular weight excluding hydrogens is 232 g/mol. The standard InChI is InChI=1S/C13H20N2O3/c1-16-10-5-6-12(13(8-10)17-2)15-7-3-4-11(9-15)18-14/h5-6,8,11H,3-4,7,9,14H2,1-2H3. The maximum absolute atomic E-state index is 5.42. The summed E-state index contributed by atoms with van der Waals surface area (Å²) in [4.78, 5) is 7.19. The molecule has 1 saturated heterocycles. The predicted molar refractivity (Wildman–Crippen MR) is 70.1 cm³/mol. The van der Waals surface area contributed by atoms with Crippen molar-refractivity contribution in [2.24, 2.45) is 5.90 Å². The summed E-state index contributed by atoms with van der Waals surface area (Å²) in [5.74, 6) is 6.88. The summed E-state index contributed by atoms with van der Waals surface area (Å²) in [5.41, 5.74) is 1.06. The van der Waals surface area contributed by atoms with E-state index in [0.717, 1.165) is 43.1 Å². The van der Waals surface area contributed by atoms with E-state index < -0.39 is 0 Å². The molecule has 100 valence electrons. The number of nitrogens with two attached hydrogens (primary N) is 1. The molecule has 0 aromatic heterocycles. The van der Waals surface area contributed by atoms with Crippen LogP contribution in [0, 0.1) is 0 Å². The molecule has 0 radical (unpaired) electrons. The Morgan fingerprint density at radius 1 is 1.28 bits per heavy atom. The smallest absolute Gasteiger partial charge is 0.145 e. The van der Waals surface area contributed by atoms with Crippen LogP contribution in [0.2, 0.25) is 0 Å². The van der Waals surface area contributed by atoms with Crippen LogP contribution < -0.4 is 20.3 Å². The Bertz CT molecular complexity index is 398. The fraction of sp³-hybridized carbons (Fsp3) is 0.538. The lowest BCUT2D eigenvalue weighted by Gasteiger charge is -2.34. The number of anilines is 1. The molecule has 1 unspecified atom stereocenters. The van der Waals surface area contributed by atoms with Crippen molar-refractivity contribution >= 4 is 5.69 Å². The zero-order chi connectivity index (χ0) is 13.0. The molecule has 1 aliphatic rings. The van der Waals surface area contributed by atoms with Gasteiger partial charge in [0.25, 0.3) is 0 Å². The number of methoxy groups -OCH3 is 2. The van der Waals surface area contributed by atoms with E-state index in [1.165, 1.54) is 0 Å². The lowest BCUT2D eigenvalue weighted by atomic mass is 10.1. The van der Waals surface area contributed by atoms with Crippen molar-refractivity contribution < 1.29 is 14.3 Å². The molecule has 0 spiro atoms. The van der Waals surface area contributed by atoms with Crippen molar-refractivity contribution in [3.05, 3.63) is 18.2 Å². The Labute approximate surface area is 107 Å². The molecule has 18 heavy (non-hydrogen) atoms. The first-order valence-corrected chi connectivity index (χ1v) is 6.11. The van der Waals surface area contributed by atoms with E-state index >= 15 is 0 Å². The van der Waals surface area contributed by atoms with E-state index in [9.17, 15) is 0 Å². The van der Waals surface area contributed by atoms with Crippen LogP contribution in [-0.4, -0.2) is 33.4 Å². The summed E-state index contributed by atoms with van der Waals surface area (Å²) in [6.45, 7) is 1.78. The molecule has 0 amide bonds. The quantitative estimate of drug-likeness (QED) is 0.824. The second kappa shape index (κ2) is 5.93. The van der Waals surface area contributed by atoms with E-state index in [2.05, 4.69) is 4.90 Å². The number of nitrogens with zero attached hydrogens (tertiary/aromatic N) is 1. The van der Waals surface area contributed by atoms with Crippen LogP contribution in [-0.2, 0) is 4.84 Å². The normalized spacial score (nSPS) is 19.7. The summed E-state index contributed by atoms with van der Waals surface area (Å²) >= 11 is 0. The number of ether oxygens (including phenoxy) is 2. The third-order valence-electron chi connectivity index (χ3n) is 3.30. The number of benzene rings is 1. The SMILES string of the molecule is COc1ccc(N2CCCC(ON)C2)c(OC)c1. The van der Waals surface area contributed by atoms with E-state index in [1.54, 1.807) is 14.2 Å². The lowest BCUT2D eigenvalue weighted by molar-refractivity contribution is 0.0434. The van der Waals surface area contributed by atoms with Crippen LogP contribution in [0.1, 0.15) is 12.8 Å². The summed E-state index contributed by atoms with van der Waals surface area (Å²) in [6.07, 6.45) is 2.16. The first-order valence-electron chi connectivity index (χ1n) is 6.11. The maximum atomic E-state index is 5.42. The fourth-order valence-corrected chi connectivity index (χ4v) is 2.31. The zero-order valence-corrected chi connectivity index (χ0v) is 10.9. The molecule has 1 aromatic carbocycles. The fourth-order valence-electron chi connectivity index (χ4n) is 2.31. The summed E-state index contributed by atoms with van der Waals surface area (Å²) in [7, 11) is 3.31. The zero-order valence-electron chi connectivity index (χ0n) is 10.9. The van der Waals surface area contributed by atoms with Crippen molar-refractivity contribution in [1.82, 2.24) is 0 Å². The number of rotatable bonds is 4. The largest absolute Gasteiger partial charge is 0.497 e. The number of hydrogen-bond acceptors (Lipinski definition) is 5. The average Bonchev–Trinajstić information content (AvgIpc) is 2.46. The highest BCUT2D eigenvalue weighted by Gasteiger charge is 2.22. The molecule has 1 heterocycles. The third-order valence-corrected chi connectivity index (χ3v) is 3.30. The summed E-state index contributed by atoms with van der Waals surface area (Å²) in [5, 5.41) is 0. The molecule has 0 saturated carbocycles. The molecule has 0 aliphatic carbocycles. The Kier molecular flexibility index (Phi) is 4.28. The van der Waals surface area contributed by atoms with Gasteiger partial charge in [-0.25, -0.2) is 5.90 Å². The van der Waals surface area contributed by atoms with Gasteiger partial charge in [0, 0.05) is 19.2 Å². The molecule has 1 atom stereocenters. The lowest BCUT2D eigenvalue weighted by Crippen LogP contribution is -2.40. The molecule has 1 aromatic rings. The minimum atomic E-state index is 0.0885. The van der Waals surface area contributed by atoms with Crippen LogP contribution in [0.25, 0.3) is 0 Å². The minimum Gasteiger partial charge on any atom is -0.497 e. The van der Waals surface area contributed by atoms with Gasteiger partial charge in [-0.05, 0) is 25.0 Å². The van der Waals surface area contributed by atoms with Crippen molar-refractivity contribution in [2.45, 2.75) is 18.9 Å².